The van der Waals surface area contributed by atoms with E-state index in [1.165, 1.54) is 0 Å². The molecule has 60 valence electrons. The summed E-state index contributed by atoms with van der Waals surface area (Å²) >= 11 is 0. The maximum atomic E-state index is 10.5. The van der Waals surface area contributed by atoms with Gasteiger partial charge >= 0.3 is 5.97 Å². The summed E-state index contributed by atoms with van der Waals surface area (Å²) in [6, 6.07) is 0. The van der Waals surface area contributed by atoms with Gasteiger partial charge in [0.1, 0.15) is 0 Å². The lowest BCUT2D eigenvalue weighted by atomic mass is 10.00. The second-order valence-electron chi connectivity index (χ2n) is 2.51. The zero-order valence-corrected chi connectivity index (χ0v) is 6.21. The second kappa shape index (κ2) is 3.34. The van der Waals surface area contributed by atoms with Crippen molar-refractivity contribution in [3.05, 3.63) is 23.3 Å². The molecular weight excluding hydrogens is 142 g/mol. The van der Waals surface area contributed by atoms with Crippen LogP contribution in [0.4, 0.5) is 0 Å². The average molecular weight is 153 g/mol. The van der Waals surface area contributed by atoms with Crippen LogP contribution in [0.2, 0.25) is 0 Å². The van der Waals surface area contributed by atoms with Crippen LogP contribution in [0.3, 0.4) is 0 Å². The van der Waals surface area contributed by atoms with Crippen molar-refractivity contribution in [2.75, 3.05) is 6.54 Å². The van der Waals surface area contributed by atoms with Crippen LogP contribution in [0.5, 0.6) is 0 Å². The Morgan fingerprint density at radius 2 is 2.45 bits per heavy atom. The maximum Gasteiger partial charge on any atom is 0.335 e. The molecule has 3 N–H and O–H groups in total. The molecule has 1 aliphatic rings. The summed E-state index contributed by atoms with van der Waals surface area (Å²) in [7, 11) is 0. The monoisotopic (exact) mass is 153 g/mol. The molecule has 0 aromatic carbocycles. The zero-order valence-electron chi connectivity index (χ0n) is 6.21. The van der Waals surface area contributed by atoms with Crippen molar-refractivity contribution in [2.24, 2.45) is 5.73 Å². The van der Waals surface area contributed by atoms with Crippen LogP contribution in [-0.2, 0) is 4.79 Å². The molecule has 0 bridgehead atoms. The van der Waals surface area contributed by atoms with Crippen molar-refractivity contribution in [1.82, 2.24) is 0 Å². The zero-order chi connectivity index (χ0) is 8.27. The highest BCUT2D eigenvalue weighted by Crippen LogP contribution is 2.15. The summed E-state index contributed by atoms with van der Waals surface area (Å²) < 4.78 is 0. The largest absolute Gasteiger partial charge is 0.478 e. The molecule has 1 rings (SSSR count). The topological polar surface area (TPSA) is 63.3 Å². The molecule has 0 amide bonds. The van der Waals surface area contributed by atoms with Crippen molar-refractivity contribution in [3.63, 3.8) is 0 Å². The molecule has 0 spiro atoms. The van der Waals surface area contributed by atoms with Gasteiger partial charge in [-0.2, -0.15) is 0 Å². The molecule has 11 heavy (non-hydrogen) atoms. The van der Waals surface area contributed by atoms with E-state index in [1.54, 1.807) is 12.2 Å². The van der Waals surface area contributed by atoms with Crippen LogP contribution >= 0.6 is 0 Å². The van der Waals surface area contributed by atoms with E-state index in [0.29, 0.717) is 12.1 Å². The first-order chi connectivity index (χ1) is 5.24. The fourth-order valence-corrected chi connectivity index (χ4v) is 1.07. The van der Waals surface area contributed by atoms with Gasteiger partial charge in [-0.15, -0.1) is 0 Å². The van der Waals surface area contributed by atoms with Gasteiger partial charge in [-0.3, -0.25) is 0 Å². The maximum absolute atomic E-state index is 10.5. The minimum Gasteiger partial charge on any atom is -0.478 e. The van der Waals surface area contributed by atoms with Gasteiger partial charge in [-0.25, -0.2) is 4.79 Å². The standard InChI is InChI=1S/C8H11NO2/c9-5-6-2-1-3-7(4-6)8(10)11/h3-4H,1-2,5,9H2,(H,10,11). The number of allylic oxidation sites excluding steroid dienone is 1. The van der Waals surface area contributed by atoms with Crippen LogP contribution in [0.25, 0.3) is 0 Å². The predicted molar refractivity (Wildman–Crippen MR) is 42.1 cm³/mol. The van der Waals surface area contributed by atoms with Crippen LogP contribution in [0, 0.1) is 0 Å². The number of aliphatic carboxylic acids is 1. The molecule has 1 aliphatic carbocycles. The van der Waals surface area contributed by atoms with Crippen LogP contribution < -0.4 is 5.73 Å². The van der Waals surface area contributed by atoms with Crippen LogP contribution in [0.1, 0.15) is 12.8 Å². The van der Waals surface area contributed by atoms with Gasteiger partial charge in [0.15, 0.2) is 0 Å². The van der Waals surface area contributed by atoms with Gasteiger partial charge in [0.25, 0.3) is 0 Å². The third-order valence-corrected chi connectivity index (χ3v) is 1.70. The first kappa shape index (κ1) is 8.01. The molecular formula is C8H11NO2. The Morgan fingerprint density at radius 1 is 1.73 bits per heavy atom. The predicted octanol–water partition coefficient (Wildman–Crippen LogP) is 0.676. The number of carboxylic acids is 1. The molecule has 3 nitrogen and oxygen atoms in total. The molecule has 0 atom stereocenters. The lowest BCUT2D eigenvalue weighted by molar-refractivity contribution is -0.132. The van der Waals surface area contributed by atoms with Gasteiger partial charge in [0.2, 0.25) is 0 Å². The Bertz CT molecular complexity index is 228. The second-order valence-corrected chi connectivity index (χ2v) is 2.51. The van der Waals surface area contributed by atoms with Crippen LogP contribution in [0.15, 0.2) is 23.3 Å². The highest BCUT2D eigenvalue weighted by atomic mass is 16.4. The summed E-state index contributed by atoms with van der Waals surface area (Å²) in [6.07, 6.45) is 5.07. The van der Waals surface area contributed by atoms with Crippen molar-refractivity contribution >= 4 is 5.97 Å². The first-order valence-corrected chi connectivity index (χ1v) is 3.57. The minimum atomic E-state index is -0.865. The number of hydrogen-bond acceptors (Lipinski definition) is 2. The number of rotatable bonds is 2. The van der Waals surface area contributed by atoms with E-state index in [2.05, 4.69) is 0 Å². The van der Waals surface area contributed by atoms with Gasteiger partial charge in [0.05, 0.1) is 5.57 Å². The summed E-state index contributed by atoms with van der Waals surface area (Å²) in [5, 5.41) is 8.60. The SMILES string of the molecule is NCC1=CC(C(=O)O)=CCC1. The van der Waals surface area contributed by atoms with E-state index in [9.17, 15) is 4.79 Å². The Kier molecular flexibility index (Phi) is 2.44. The Hall–Kier alpha value is -1.09. The minimum absolute atomic E-state index is 0.372. The third-order valence-electron chi connectivity index (χ3n) is 1.70. The van der Waals surface area contributed by atoms with Crippen molar-refractivity contribution in [2.45, 2.75) is 12.8 Å². The number of hydrogen-bond donors (Lipinski definition) is 2. The van der Waals surface area contributed by atoms with Gasteiger partial charge < -0.3 is 10.8 Å². The fraction of sp³-hybridized carbons (Fsp3) is 0.375. The molecule has 0 unspecified atom stereocenters. The van der Waals surface area contributed by atoms with Crippen molar-refractivity contribution < 1.29 is 9.90 Å². The van der Waals surface area contributed by atoms with E-state index in [1.807, 2.05) is 0 Å². The van der Waals surface area contributed by atoms with Crippen molar-refractivity contribution in [3.8, 4) is 0 Å². The lowest BCUT2D eigenvalue weighted by Crippen LogP contribution is -2.09. The molecule has 0 saturated carbocycles. The summed E-state index contributed by atoms with van der Waals surface area (Å²) in [6.45, 7) is 0.463. The van der Waals surface area contributed by atoms with Gasteiger partial charge in [-0.05, 0) is 18.9 Å². The van der Waals surface area contributed by atoms with E-state index in [0.717, 1.165) is 18.4 Å². The smallest absolute Gasteiger partial charge is 0.335 e. The quantitative estimate of drug-likeness (QED) is 0.613. The molecule has 0 aliphatic heterocycles. The van der Waals surface area contributed by atoms with Crippen LogP contribution in [-0.4, -0.2) is 17.6 Å². The van der Waals surface area contributed by atoms with E-state index < -0.39 is 5.97 Å². The lowest BCUT2D eigenvalue weighted by Gasteiger charge is -2.08. The summed E-state index contributed by atoms with van der Waals surface area (Å²) in [4.78, 5) is 10.5. The summed E-state index contributed by atoms with van der Waals surface area (Å²) in [5.74, 6) is -0.865. The molecule has 0 aromatic rings. The molecule has 0 fully saturated rings. The van der Waals surface area contributed by atoms with Gasteiger partial charge in [0, 0.05) is 6.54 Å². The Labute approximate surface area is 65.2 Å². The Morgan fingerprint density at radius 3 is 3.00 bits per heavy atom. The molecule has 0 heterocycles. The highest BCUT2D eigenvalue weighted by Gasteiger charge is 2.08. The van der Waals surface area contributed by atoms with E-state index in [4.69, 9.17) is 10.8 Å². The fourth-order valence-electron chi connectivity index (χ4n) is 1.07. The number of carboxylic acid groups (broad SMARTS) is 1. The molecule has 3 heteroatoms. The van der Waals surface area contributed by atoms with Crippen molar-refractivity contribution in [1.29, 1.82) is 0 Å². The average Bonchev–Trinajstić information content (AvgIpc) is 2.05. The Balaban J connectivity index is 2.76. The van der Waals surface area contributed by atoms with Gasteiger partial charge in [-0.1, -0.05) is 11.6 Å². The molecule has 0 radical (unpaired) electrons. The van der Waals surface area contributed by atoms with E-state index >= 15 is 0 Å². The normalized spacial score (nSPS) is 17.2. The third kappa shape index (κ3) is 1.91. The highest BCUT2D eigenvalue weighted by molar-refractivity contribution is 5.90. The summed E-state index contributed by atoms with van der Waals surface area (Å²) in [5.41, 5.74) is 6.77. The molecule has 0 aromatic heterocycles. The van der Waals surface area contributed by atoms with E-state index in [-0.39, 0.29) is 0 Å². The number of nitrogens with two attached hydrogens (primary N) is 1. The number of carbonyl (C=O) groups is 1. The first-order valence-electron chi connectivity index (χ1n) is 3.57. The molecule has 0 saturated heterocycles.